The molecule has 0 aromatic carbocycles. The van der Waals surface area contributed by atoms with E-state index < -0.39 is 66.4 Å². The topological polar surface area (TPSA) is 44.8 Å². The predicted molar refractivity (Wildman–Crippen MR) is 73.3 cm³/mol. The summed E-state index contributed by atoms with van der Waals surface area (Å²) in [6, 6.07) is 0. The molecule has 0 aromatic rings. The molecular weight excluding hydrogens is 555 g/mol. The van der Waals surface area contributed by atoms with Crippen LogP contribution in [0.4, 0.5) is 74.6 Å². The molecule has 0 heterocycles. The molecule has 0 saturated heterocycles. The Kier molecular flexibility index (Phi) is 8.48. The third kappa shape index (κ3) is 6.13. The lowest BCUT2D eigenvalue weighted by Gasteiger charge is -2.40. The minimum atomic E-state index is -8.05. The Hall–Kier alpha value is -1.80. The highest BCUT2D eigenvalue weighted by atomic mass is 19.4. The minimum Gasteiger partial charge on any atom is -0.455 e. The number of esters is 1. The normalized spacial score (nSPS) is 18.6. The van der Waals surface area contributed by atoms with Crippen LogP contribution >= 0.6 is 0 Å². The molecule has 0 amide bonds. The Bertz CT molecular complexity index is 768. The van der Waals surface area contributed by atoms with Crippen LogP contribution in [0.1, 0.15) is 27.2 Å². The third-order valence-electron chi connectivity index (χ3n) is 3.85. The Morgan fingerprint density at radius 3 is 1.29 bits per heavy atom. The van der Waals surface area contributed by atoms with Crippen LogP contribution in [0.3, 0.4) is 0 Å². The van der Waals surface area contributed by atoms with Crippen molar-refractivity contribution >= 4 is 5.97 Å². The Morgan fingerprint density at radius 2 is 1.00 bits per heavy atom. The molecule has 21 heteroatoms. The van der Waals surface area contributed by atoms with Crippen LogP contribution in [-0.4, -0.2) is 59.9 Å². The van der Waals surface area contributed by atoms with Crippen LogP contribution < -0.4 is 0 Å². The fraction of sp³-hybridized carbons (Fsp3) is 0.929. The second-order valence-electron chi connectivity index (χ2n) is 7.00. The zero-order valence-electron chi connectivity index (χ0n) is 16.8. The lowest BCUT2D eigenvalue weighted by atomic mass is 10.1. The highest BCUT2D eigenvalue weighted by Crippen LogP contribution is 2.56. The number of ether oxygens (including phenoxy) is 3. The average Bonchev–Trinajstić information content (AvgIpc) is 2.57. The van der Waals surface area contributed by atoms with Crippen molar-refractivity contribution < 1.29 is 93.6 Å². The van der Waals surface area contributed by atoms with Gasteiger partial charge in [-0.15, -0.1) is 0 Å². The van der Waals surface area contributed by atoms with Gasteiger partial charge >= 0.3 is 54.3 Å². The van der Waals surface area contributed by atoms with E-state index in [1.54, 1.807) is 0 Å². The van der Waals surface area contributed by atoms with Crippen LogP contribution in [0.5, 0.6) is 0 Å². The Labute approximate surface area is 182 Å². The van der Waals surface area contributed by atoms with Gasteiger partial charge in [-0.05, 0) is 20.3 Å². The van der Waals surface area contributed by atoms with Gasteiger partial charge in [-0.1, -0.05) is 6.92 Å². The summed E-state index contributed by atoms with van der Waals surface area (Å²) in [7, 11) is 0. The summed E-state index contributed by atoms with van der Waals surface area (Å²) >= 11 is 0. The molecule has 2 atom stereocenters. The number of halogens is 17. The third-order valence-corrected chi connectivity index (χ3v) is 3.85. The van der Waals surface area contributed by atoms with Crippen LogP contribution in [0.2, 0.25) is 0 Å². The van der Waals surface area contributed by atoms with Crippen LogP contribution in [0.15, 0.2) is 0 Å². The number of hydrogen-bond donors (Lipinski definition) is 0. The fourth-order valence-corrected chi connectivity index (χ4v) is 1.53. The van der Waals surface area contributed by atoms with Crippen molar-refractivity contribution in [1.82, 2.24) is 0 Å². The van der Waals surface area contributed by atoms with Crippen LogP contribution in [0, 0.1) is 0 Å². The molecule has 0 spiro atoms. The maximum absolute atomic E-state index is 14.2. The molecule has 35 heavy (non-hydrogen) atoms. The Balaban J connectivity index is 6.80. The minimum absolute atomic E-state index is 0.541. The zero-order chi connectivity index (χ0) is 28.9. The molecule has 0 aliphatic carbocycles. The van der Waals surface area contributed by atoms with Gasteiger partial charge in [0.1, 0.15) is 5.60 Å². The van der Waals surface area contributed by atoms with Gasteiger partial charge in [-0.3, -0.25) is 9.47 Å². The van der Waals surface area contributed by atoms with Gasteiger partial charge in [0, 0.05) is 0 Å². The molecule has 0 N–H and O–H groups in total. The van der Waals surface area contributed by atoms with Gasteiger partial charge in [0.15, 0.2) is 0 Å². The molecular formula is C14H11F17O4. The first-order valence-electron chi connectivity index (χ1n) is 8.20. The molecule has 0 rings (SSSR count). The summed E-state index contributed by atoms with van der Waals surface area (Å²) < 4.78 is 228. The van der Waals surface area contributed by atoms with Crippen LogP contribution in [0.25, 0.3) is 0 Å². The van der Waals surface area contributed by atoms with E-state index in [-0.39, 0.29) is 0 Å². The molecule has 0 bridgehead atoms. The van der Waals surface area contributed by atoms with Gasteiger partial charge in [0.25, 0.3) is 0 Å². The summed E-state index contributed by atoms with van der Waals surface area (Å²) in [5.74, 6) is -26.4. The van der Waals surface area contributed by atoms with E-state index in [1.807, 2.05) is 4.74 Å². The summed E-state index contributed by atoms with van der Waals surface area (Å²) in [5.41, 5.74) is -2.21. The van der Waals surface area contributed by atoms with E-state index in [9.17, 15) is 79.4 Å². The van der Waals surface area contributed by atoms with E-state index in [4.69, 9.17) is 0 Å². The average molecular weight is 566 g/mol. The molecule has 0 saturated carbocycles. The quantitative estimate of drug-likeness (QED) is 0.234. The number of carbonyl (C=O) groups is 1. The first-order valence-corrected chi connectivity index (χ1v) is 8.20. The standard InChI is InChI=1S/C14H11F17O4/c1-4-6(2,3)33-5(32)7(15,10(19,20)21)34-14(30,31)9(18,12(25,26)27)35-13(28,29)8(16,17)11(22,23)24/h4H2,1-3H3/t7-,9+/m0/s1. The molecule has 4 nitrogen and oxygen atoms in total. The van der Waals surface area contributed by atoms with Crippen molar-refractivity contribution in [3.8, 4) is 0 Å². The number of hydrogen-bond acceptors (Lipinski definition) is 4. The molecule has 0 aliphatic rings. The first kappa shape index (κ1) is 33.2. The smallest absolute Gasteiger partial charge is 0.455 e. The van der Waals surface area contributed by atoms with E-state index in [1.165, 1.54) is 4.74 Å². The van der Waals surface area contributed by atoms with Crippen molar-refractivity contribution in [3.63, 3.8) is 0 Å². The SMILES string of the molecule is CCC(C)(C)OC(=O)[C@](F)(OC(F)(F)[C@](F)(OC(F)(F)C(F)(F)C(F)(F)F)C(F)(F)F)C(F)(F)F. The maximum atomic E-state index is 14.2. The van der Waals surface area contributed by atoms with E-state index in [2.05, 4.69) is 4.74 Å². The van der Waals surface area contributed by atoms with Gasteiger partial charge in [0.05, 0.1) is 0 Å². The van der Waals surface area contributed by atoms with Crippen molar-refractivity contribution in [3.05, 3.63) is 0 Å². The number of rotatable bonds is 9. The highest BCUT2D eigenvalue weighted by Gasteiger charge is 2.85. The van der Waals surface area contributed by atoms with Crippen molar-refractivity contribution in [2.24, 2.45) is 0 Å². The largest absolute Gasteiger partial charge is 0.462 e. The van der Waals surface area contributed by atoms with Crippen molar-refractivity contribution in [2.75, 3.05) is 0 Å². The maximum Gasteiger partial charge on any atom is 0.462 e. The zero-order valence-corrected chi connectivity index (χ0v) is 16.8. The molecule has 0 aliphatic heterocycles. The van der Waals surface area contributed by atoms with E-state index in [0.717, 1.165) is 6.92 Å². The second-order valence-corrected chi connectivity index (χ2v) is 7.00. The molecule has 0 fully saturated rings. The molecule has 210 valence electrons. The van der Waals surface area contributed by atoms with Crippen molar-refractivity contribution in [2.45, 2.75) is 81.2 Å². The summed E-state index contributed by atoms with van der Waals surface area (Å²) in [6.07, 6.45) is -39.1. The fourth-order valence-electron chi connectivity index (χ4n) is 1.53. The lowest BCUT2D eigenvalue weighted by Crippen LogP contribution is -2.68. The Morgan fingerprint density at radius 1 is 0.600 bits per heavy atom. The lowest BCUT2D eigenvalue weighted by molar-refractivity contribution is -0.549. The molecule has 0 radical (unpaired) electrons. The first-order chi connectivity index (χ1) is 14.9. The molecule has 0 aromatic heterocycles. The highest BCUT2D eigenvalue weighted by molar-refractivity contribution is 5.79. The molecule has 0 unspecified atom stereocenters. The van der Waals surface area contributed by atoms with Gasteiger partial charge in [0.2, 0.25) is 0 Å². The predicted octanol–water partition coefficient (Wildman–Crippen LogP) is 6.59. The number of carbonyl (C=O) groups excluding carboxylic acids is 1. The second kappa shape index (κ2) is 8.94. The summed E-state index contributed by atoms with van der Waals surface area (Å²) in [5, 5.41) is 0. The van der Waals surface area contributed by atoms with E-state index in [0.29, 0.717) is 13.8 Å². The van der Waals surface area contributed by atoms with Gasteiger partial charge < -0.3 is 4.74 Å². The number of alkyl halides is 17. The van der Waals surface area contributed by atoms with Gasteiger partial charge in [-0.2, -0.15) is 74.6 Å². The monoisotopic (exact) mass is 566 g/mol. The summed E-state index contributed by atoms with van der Waals surface area (Å²) in [4.78, 5) is 11.5. The van der Waals surface area contributed by atoms with Gasteiger partial charge in [-0.25, -0.2) is 4.79 Å². The van der Waals surface area contributed by atoms with Crippen molar-refractivity contribution in [1.29, 1.82) is 0 Å². The van der Waals surface area contributed by atoms with Crippen LogP contribution in [-0.2, 0) is 19.0 Å². The summed E-state index contributed by atoms with van der Waals surface area (Å²) in [6.45, 7) is 2.37. The van der Waals surface area contributed by atoms with E-state index >= 15 is 0 Å².